The van der Waals surface area contributed by atoms with Crippen LogP contribution in [0.1, 0.15) is 37.4 Å². The van der Waals surface area contributed by atoms with Gasteiger partial charge in [0.2, 0.25) is 5.91 Å². The third kappa shape index (κ3) is 3.51. The lowest BCUT2D eigenvalue weighted by Gasteiger charge is -2.15. The van der Waals surface area contributed by atoms with Crippen LogP contribution in [0.2, 0.25) is 0 Å². The molecule has 0 saturated heterocycles. The molecule has 0 saturated carbocycles. The number of methoxy groups -OCH3 is 1. The molecule has 110 valence electrons. The maximum absolute atomic E-state index is 11.5. The van der Waals surface area contributed by atoms with Gasteiger partial charge in [0.25, 0.3) is 0 Å². The Morgan fingerprint density at radius 1 is 1.40 bits per heavy atom. The SMILES string of the molecule is COc1ccc2c(c1)C(NCCNC(=O)C(C)C)CC2. The molecule has 1 amide bonds. The van der Waals surface area contributed by atoms with Gasteiger partial charge in [0.1, 0.15) is 5.75 Å². The number of carbonyl (C=O) groups excluding carboxylic acids is 1. The van der Waals surface area contributed by atoms with E-state index in [2.05, 4.69) is 22.8 Å². The number of amides is 1. The highest BCUT2D eigenvalue weighted by Gasteiger charge is 2.22. The zero-order valence-corrected chi connectivity index (χ0v) is 12.5. The van der Waals surface area contributed by atoms with Gasteiger partial charge in [-0.2, -0.15) is 0 Å². The van der Waals surface area contributed by atoms with Crippen molar-refractivity contribution >= 4 is 5.91 Å². The highest BCUT2D eigenvalue weighted by atomic mass is 16.5. The predicted octanol–water partition coefficient (Wildman–Crippen LogP) is 2.04. The second kappa shape index (κ2) is 6.75. The second-order valence-electron chi connectivity index (χ2n) is 5.56. The van der Waals surface area contributed by atoms with Crippen LogP contribution in [0.4, 0.5) is 0 Å². The summed E-state index contributed by atoms with van der Waals surface area (Å²) >= 11 is 0. The number of hydrogen-bond acceptors (Lipinski definition) is 3. The molecule has 1 atom stereocenters. The molecule has 4 heteroatoms. The Balaban J connectivity index is 1.83. The second-order valence-corrected chi connectivity index (χ2v) is 5.56. The molecule has 1 aliphatic rings. The van der Waals surface area contributed by atoms with Gasteiger partial charge in [-0.05, 0) is 36.1 Å². The third-order valence-corrected chi connectivity index (χ3v) is 3.77. The molecule has 4 nitrogen and oxygen atoms in total. The zero-order chi connectivity index (χ0) is 14.5. The number of fused-ring (bicyclic) bond motifs is 1. The van der Waals surface area contributed by atoms with E-state index in [1.165, 1.54) is 11.1 Å². The molecule has 1 aromatic carbocycles. The highest BCUT2D eigenvalue weighted by Crippen LogP contribution is 2.33. The predicted molar refractivity (Wildman–Crippen MR) is 79.9 cm³/mol. The molecule has 0 radical (unpaired) electrons. The van der Waals surface area contributed by atoms with Gasteiger partial charge in [0.15, 0.2) is 0 Å². The monoisotopic (exact) mass is 276 g/mol. The Labute approximate surface area is 120 Å². The number of rotatable bonds is 6. The van der Waals surface area contributed by atoms with Crippen molar-refractivity contribution in [3.8, 4) is 5.75 Å². The van der Waals surface area contributed by atoms with Gasteiger partial charge >= 0.3 is 0 Å². The molecule has 0 spiro atoms. The van der Waals surface area contributed by atoms with Crippen LogP contribution in [-0.4, -0.2) is 26.1 Å². The first-order chi connectivity index (χ1) is 9.61. The van der Waals surface area contributed by atoms with Crippen LogP contribution in [0, 0.1) is 5.92 Å². The lowest BCUT2D eigenvalue weighted by atomic mass is 10.1. The maximum Gasteiger partial charge on any atom is 0.222 e. The number of benzene rings is 1. The molecule has 0 heterocycles. The molecule has 2 rings (SSSR count). The van der Waals surface area contributed by atoms with Crippen molar-refractivity contribution in [2.45, 2.75) is 32.7 Å². The van der Waals surface area contributed by atoms with Crippen LogP contribution in [0.25, 0.3) is 0 Å². The fourth-order valence-electron chi connectivity index (χ4n) is 2.56. The van der Waals surface area contributed by atoms with Crippen molar-refractivity contribution in [3.05, 3.63) is 29.3 Å². The number of aryl methyl sites for hydroxylation is 1. The summed E-state index contributed by atoms with van der Waals surface area (Å²) in [5.41, 5.74) is 2.73. The quantitative estimate of drug-likeness (QED) is 0.782. The average Bonchev–Trinajstić information content (AvgIpc) is 2.85. The molecule has 20 heavy (non-hydrogen) atoms. The first-order valence-corrected chi connectivity index (χ1v) is 7.29. The minimum atomic E-state index is 0.0477. The summed E-state index contributed by atoms with van der Waals surface area (Å²) in [6.07, 6.45) is 2.22. The molecular weight excluding hydrogens is 252 g/mol. The van der Waals surface area contributed by atoms with Crippen LogP contribution in [-0.2, 0) is 11.2 Å². The van der Waals surface area contributed by atoms with E-state index in [0.29, 0.717) is 12.6 Å². The Kier molecular flexibility index (Phi) is 5.01. The van der Waals surface area contributed by atoms with E-state index in [0.717, 1.165) is 25.1 Å². The Bertz CT molecular complexity index is 472. The lowest BCUT2D eigenvalue weighted by molar-refractivity contribution is -0.123. The Hall–Kier alpha value is -1.55. The molecule has 2 N–H and O–H groups in total. The summed E-state index contributed by atoms with van der Waals surface area (Å²) in [7, 11) is 1.69. The molecule has 0 bridgehead atoms. The fraction of sp³-hybridized carbons (Fsp3) is 0.562. The molecule has 1 aliphatic carbocycles. The van der Waals surface area contributed by atoms with Crippen LogP contribution in [0.3, 0.4) is 0 Å². The zero-order valence-electron chi connectivity index (χ0n) is 12.5. The summed E-state index contributed by atoms with van der Waals surface area (Å²) in [6.45, 7) is 5.27. The molecule has 1 unspecified atom stereocenters. The standard InChI is InChI=1S/C16H24N2O2/c1-11(2)16(19)18-9-8-17-15-7-5-12-4-6-13(20-3)10-14(12)15/h4,6,10-11,15,17H,5,7-9H2,1-3H3,(H,18,19). The summed E-state index contributed by atoms with van der Waals surface area (Å²) in [6, 6.07) is 6.66. The van der Waals surface area contributed by atoms with Gasteiger partial charge in [-0.3, -0.25) is 4.79 Å². The summed E-state index contributed by atoms with van der Waals surface area (Å²) in [5.74, 6) is 1.07. The highest BCUT2D eigenvalue weighted by molar-refractivity contribution is 5.77. The van der Waals surface area contributed by atoms with E-state index >= 15 is 0 Å². The molecule has 0 aliphatic heterocycles. The largest absolute Gasteiger partial charge is 0.497 e. The number of nitrogens with one attached hydrogen (secondary N) is 2. The summed E-state index contributed by atoms with van der Waals surface area (Å²) in [4.78, 5) is 11.5. The van der Waals surface area contributed by atoms with Gasteiger partial charge in [-0.1, -0.05) is 19.9 Å². The molecular formula is C16H24N2O2. The van der Waals surface area contributed by atoms with E-state index in [1.54, 1.807) is 7.11 Å². The molecule has 0 aromatic heterocycles. The smallest absolute Gasteiger partial charge is 0.222 e. The first-order valence-electron chi connectivity index (χ1n) is 7.29. The van der Waals surface area contributed by atoms with E-state index in [-0.39, 0.29) is 11.8 Å². The number of hydrogen-bond donors (Lipinski definition) is 2. The fourth-order valence-corrected chi connectivity index (χ4v) is 2.56. The number of ether oxygens (including phenoxy) is 1. The maximum atomic E-state index is 11.5. The van der Waals surface area contributed by atoms with Crippen molar-refractivity contribution < 1.29 is 9.53 Å². The van der Waals surface area contributed by atoms with E-state index < -0.39 is 0 Å². The van der Waals surface area contributed by atoms with Crippen molar-refractivity contribution in [1.29, 1.82) is 0 Å². The molecule has 1 aromatic rings. The first kappa shape index (κ1) is 14.9. The summed E-state index contributed by atoms with van der Waals surface area (Å²) < 4.78 is 5.29. The lowest BCUT2D eigenvalue weighted by Crippen LogP contribution is -2.35. The Morgan fingerprint density at radius 3 is 2.90 bits per heavy atom. The van der Waals surface area contributed by atoms with E-state index in [4.69, 9.17) is 4.74 Å². The van der Waals surface area contributed by atoms with Gasteiger partial charge in [0.05, 0.1) is 7.11 Å². The van der Waals surface area contributed by atoms with E-state index in [9.17, 15) is 4.79 Å². The van der Waals surface area contributed by atoms with E-state index in [1.807, 2.05) is 19.9 Å². The van der Waals surface area contributed by atoms with Crippen molar-refractivity contribution in [3.63, 3.8) is 0 Å². The van der Waals surface area contributed by atoms with Crippen molar-refractivity contribution in [2.24, 2.45) is 5.92 Å². The van der Waals surface area contributed by atoms with Crippen molar-refractivity contribution in [1.82, 2.24) is 10.6 Å². The summed E-state index contributed by atoms with van der Waals surface area (Å²) in [5, 5.41) is 6.44. The topological polar surface area (TPSA) is 50.4 Å². The Morgan fingerprint density at radius 2 is 2.20 bits per heavy atom. The van der Waals surface area contributed by atoms with Crippen LogP contribution < -0.4 is 15.4 Å². The molecule has 0 fully saturated rings. The number of carbonyl (C=O) groups is 1. The minimum absolute atomic E-state index is 0.0477. The van der Waals surface area contributed by atoms with Crippen LogP contribution in [0.15, 0.2) is 18.2 Å². The average molecular weight is 276 g/mol. The van der Waals surface area contributed by atoms with Crippen LogP contribution in [0.5, 0.6) is 5.75 Å². The third-order valence-electron chi connectivity index (χ3n) is 3.77. The van der Waals surface area contributed by atoms with Gasteiger partial charge < -0.3 is 15.4 Å². The normalized spacial score (nSPS) is 17.1. The van der Waals surface area contributed by atoms with Crippen molar-refractivity contribution in [2.75, 3.05) is 20.2 Å². The van der Waals surface area contributed by atoms with Gasteiger partial charge in [-0.15, -0.1) is 0 Å². The van der Waals surface area contributed by atoms with Gasteiger partial charge in [-0.25, -0.2) is 0 Å². The van der Waals surface area contributed by atoms with Gasteiger partial charge in [0, 0.05) is 25.0 Å². The van der Waals surface area contributed by atoms with Crippen LogP contribution >= 0.6 is 0 Å². The minimum Gasteiger partial charge on any atom is -0.497 e.